The van der Waals surface area contributed by atoms with Crippen LogP contribution >= 0.6 is 12.2 Å². The number of allylic oxidation sites excluding steroid dienone is 1. The second kappa shape index (κ2) is 2.85. The first-order valence-electron chi connectivity index (χ1n) is 1.66. The van der Waals surface area contributed by atoms with Gasteiger partial charge in [-0.1, -0.05) is 12.2 Å². The van der Waals surface area contributed by atoms with Crippen LogP contribution in [0.15, 0.2) is 12.3 Å². The van der Waals surface area contributed by atoms with E-state index in [1.807, 2.05) is 6.92 Å². The second-order valence-corrected chi connectivity index (χ2v) is 1.61. The fraction of sp³-hybridized carbons (Fsp3) is 0.250. The number of rotatable bonds is 1. The molecule has 0 heterocycles. The first-order chi connectivity index (χ1) is 2.77. The van der Waals surface area contributed by atoms with Crippen LogP contribution in [0.25, 0.3) is 0 Å². The van der Waals surface area contributed by atoms with Crippen molar-refractivity contribution < 1.29 is 0 Å². The molecule has 0 amide bonds. The van der Waals surface area contributed by atoms with Gasteiger partial charge in [0.15, 0.2) is 0 Å². The lowest BCUT2D eigenvalue weighted by molar-refractivity contribution is 1.62. The minimum Gasteiger partial charge on any atom is -0.405 e. The Kier molecular flexibility index (Phi) is 2.67. The third kappa shape index (κ3) is 3.63. The molecule has 0 bridgehead atoms. The van der Waals surface area contributed by atoms with Gasteiger partial charge in [0.1, 0.15) is 0 Å². The Balaban J connectivity index is 3.30. The maximum atomic E-state index is 4.96. The van der Waals surface area contributed by atoms with Gasteiger partial charge in [-0.2, -0.15) is 0 Å². The Morgan fingerprint density at radius 1 is 1.83 bits per heavy atom. The normalized spacial score (nSPS) is 9.50. The standard InChI is InChI=1S/C4H7NS/c1-4(6)2-3-5/h2-3H,5H2,1H3/b3-2+. The summed E-state index contributed by atoms with van der Waals surface area (Å²) < 4.78 is 0. The monoisotopic (exact) mass is 101 g/mol. The van der Waals surface area contributed by atoms with Crippen LogP contribution in [-0.2, 0) is 0 Å². The quantitative estimate of drug-likeness (QED) is 0.391. The van der Waals surface area contributed by atoms with Crippen molar-refractivity contribution in [3.8, 4) is 0 Å². The van der Waals surface area contributed by atoms with Gasteiger partial charge in [-0.15, -0.1) is 0 Å². The van der Waals surface area contributed by atoms with Crippen molar-refractivity contribution >= 4 is 17.1 Å². The van der Waals surface area contributed by atoms with E-state index >= 15 is 0 Å². The predicted molar refractivity (Wildman–Crippen MR) is 31.6 cm³/mol. The summed E-state index contributed by atoms with van der Waals surface area (Å²) in [6, 6.07) is 0. The average Bonchev–Trinajstić information content (AvgIpc) is 1.35. The van der Waals surface area contributed by atoms with Gasteiger partial charge in [0.2, 0.25) is 0 Å². The third-order valence-electron chi connectivity index (χ3n) is 0.331. The van der Waals surface area contributed by atoms with Gasteiger partial charge in [-0.05, 0) is 19.2 Å². The maximum absolute atomic E-state index is 4.96. The highest BCUT2D eigenvalue weighted by atomic mass is 32.1. The van der Waals surface area contributed by atoms with E-state index in [1.54, 1.807) is 6.08 Å². The Hall–Kier alpha value is -0.370. The van der Waals surface area contributed by atoms with Crippen molar-refractivity contribution in [1.82, 2.24) is 0 Å². The Bertz CT molecular complexity index is 75.6. The van der Waals surface area contributed by atoms with Crippen molar-refractivity contribution in [2.24, 2.45) is 5.73 Å². The molecule has 34 valence electrons. The van der Waals surface area contributed by atoms with Crippen LogP contribution in [0.3, 0.4) is 0 Å². The van der Waals surface area contributed by atoms with Crippen molar-refractivity contribution in [2.45, 2.75) is 6.92 Å². The summed E-state index contributed by atoms with van der Waals surface area (Å²) in [6.07, 6.45) is 3.11. The highest BCUT2D eigenvalue weighted by Gasteiger charge is 1.67. The van der Waals surface area contributed by atoms with Crippen LogP contribution in [0.2, 0.25) is 0 Å². The van der Waals surface area contributed by atoms with Crippen molar-refractivity contribution in [3.05, 3.63) is 12.3 Å². The van der Waals surface area contributed by atoms with Crippen molar-refractivity contribution in [1.29, 1.82) is 0 Å². The average molecular weight is 101 g/mol. The van der Waals surface area contributed by atoms with E-state index < -0.39 is 0 Å². The Labute approximate surface area is 42.8 Å². The number of thiocarbonyl (C=S) groups is 1. The molecule has 0 saturated heterocycles. The molecule has 1 nitrogen and oxygen atoms in total. The molecule has 2 N–H and O–H groups in total. The van der Waals surface area contributed by atoms with Gasteiger partial charge in [0.25, 0.3) is 0 Å². The summed E-state index contributed by atoms with van der Waals surface area (Å²) in [5.74, 6) is 0. The maximum Gasteiger partial charge on any atom is 0.0135 e. The van der Waals surface area contributed by atoms with Crippen LogP contribution in [-0.4, -0.2) is 4.86 Å². The molecular weight excluding hydrogens is 94.1 g/mol. The third-order valence-corrected chi connectivity index (χ3v) is 0.467. The van der Waals surface area contributed by atoms with Crippen LogP contribution in [0.1, 0.15) is 6.92 Å². The van der Waals surface area contributed by atoms with E-state index in [0.717, 1.165) is 4.86 Å². The van der Waals surface area contributed by atoms with E-state index in [4.69, 9.17) is 5.73 Å². The minimum absolute atomic E-state index is 0.817. The van der Waals surface area contributed by atoms with Gasteiger partial charge in [-0.25, -0.2) is 0 Å². The first-order valence-corrected chi connectivity index (χ1v) is 2.07. The summed E-state index contributed by atoms with van der Waals surface area (Å²) >= 11 is 4.63. The molecule has 0 rings (SSSR count). The van der Waals surface area contributed by atoms with E-state index in [9.17, 15) is 0 Å². The van der Waals surface area contributed by atoms with Crippen LogP contribution in [0.4, 0.5) is 0 Å². The topological polar surface area (TPSA) is 26.0 Å². The zero-order chi connectivity index (χ0) is 4.99. The minimum atomic E-state index is 0.817. The zero-order valence-electron chi connectivity index (χ0n) is 3.64. The molecule has 0 aliphatic rings. The molecule has 0 spiro atoms. The van der Waals surface area contributed by atoms with Crippen LogP contribution in [0, 0.1) is 0 Å². The van der Waals surface area contributed by atoms with Gasteiger partial charge < -0.3 is 5.73 Å². The van der Waals surface area contributed by atoms with Gasteiger partial charge >= 0.3 is 0 Å². The molecule has 0 saturated carbocycles. The second-order valence-electron chi connectivity index (χ2n) is 0.970. The Morgan fingerprint density at radius 2 is 2.33 bits per heavy atom. The first kappa shape index (κ1) is 5.63. The lowest BCUT2D eigenvalue weighted by Gasteiger charge is -1.73. The fourth-order valence-electron chi connectivity index (χ4n) is 0.136. The molecule has 0 aromatic carbocycles. The number of hydrogen-bond acceptors (Lipinski definition) is 2. The van der Waals surface area contributed by atoms with Gasteiger partial charge in [0, 0.05) is 4.86 Å². The molecule has 0 aromatic rings. The highest BCUT2D eigenvalue weighted by Crippen LogP contribution is 1.71. The molecule has 0 aliphatic heterocycles. The molecule has 0 aliphatic carbocycles. The lowest BCUT2D eigenvalue weighted by atomic mass is 10.5. The summed E-state index contributed by atoms with van der Waals surface area (Å²) in [5.41, 5.74) is 4.96. The summed E-state index contributed by atoms with van der Waals surface area (Å²) in [7, 11) is 0. The molecule has 6 heavy (non-hydrogen) atoms. The molecular formula is C4H7NS. The SMILES string of the molecule is CC(=S)/C=C/N. The number of nitrogens with two attached hydrogens (primary N) is 1. The molecule has 2 heteroatoms. The van der Waals surface area contributed by atoms with Crippen molar-refractivity contribution in [3.63, 3.8) is 0 Å². The highest BCUT2D eigenvalue weighted by molar-refractivity contribution is 7.80. The van der Waals surface area contributed by atoms with Crippen LogP contribution < -0.4 is 5.73 Å². The summed E-state index contributed by atoms with van der Waals surface area (Å²) in [6.45, 7) is 1.82. The fourth-order valence-corrected chi connectivity index (χ4v) is 0.214. The van der Waals surface area contributed by atoms with E-state index in [1.165, 1.54) is 6.20 Å². The van der Waals surface area contributed by atoms with E-state index in [0.29, 0.717) is 0 Å². The molecule has 0 aromatic heterocycles. The van der Waals surface area contributed by atoms with Crippen LogP contribution in [0.5, 0.6) is 0 Å². The lowest BCUT2D eigenvalue weighted by Crippen LogP contribution is -1.80. The molecule has 0 unspecified atom stereocenters. The largest absolute Gasteiger partial charge is 0.405 e. The number of hydrogen-bond donors (Lipinski definition) is 1. The van der Waals surface area contributed by atoms with Gasteiger partial charge in [0.05, 0.1) is 0 Å². The smallest absolute Gasteiger partial charge is 0.0135 e. The van der Waals surface area contributed by atoms with Crippen molar-refractivity contribution in [2.75, 3.05) is 0 Å². The predicted octanol–water partition coefficient (Wildman–Crippen LogP) is 0.849. The van der Waals surface area contributed by atoms with E-state index in [2.05, 4.69) is 12.2 Å². The van der Waals surface area contributed by atoms with E-state index in [-0.39, 0.29) is 0 Å². The zero-order valence-corrected chi connectivity index (χ0v) is 4.46. The molecule has 0 fully saturated rings. The summed E-state index contributed by atoms with van der Waals surface area (Å²) in [4.78, 5) is 0.817. The Morgan fingerprint density at radius 3 is 2.33 bits per heavy atom. The summed E-state index contributed by atoms with van der Waals surface area (Å²) in [5, 5.41) is 0. The van der Waals surface area contributed by atoms with Gasteiger partial charge in [-0.3, -0.25) is 0 Å². The molecule has 0 radical (unpaired) electrons. The molecule has 0 atom stereocenters.